The van der Waals surface area contributed by atoms with Crippen LogP contribution >= 0.6 is 0 Å². The first-order valence-corrected chi connectivity index (χ1v) is 11.0. The molecule has 0 spiro atoms. The van der Waals surface area contributed by atoms with E-state index in [0.717, 1.165) is 11.4 Å². The number of fused-ring (bicyclic) bond motifs is 3. The van der Waals surface area contributed by atoms with Gasteiger partial charge in [0.05, 0.1) is 0 Å². The summed E-state index contributed by atoms with van der Waals surface area (Å²) in [5, 5.41) is 7.55. The van der Waals surface area contributed by atoms with Crippen LogP contribution in [0.1, 0.15) is 41.6 Å². The summed E-state index contributed by atoms with van der Waals surface area (Å²) in [7, 11) is 1.89. The molecule has 2 aliphatic heterocycles. The number of hydrogen-bond donors (Lipinski definition) is 1. The minimum atomic E-state index is -0.485. The van der Waals surface area contributed by atoms with Crippen molar-refractivity contribution in [3.63, 3.8) is 0 Å². The molecule has 9 heteroatoms. The second kappa shape index (κ2) is 6.36. The second-order valence-corrected chi connectivity index (χ2v) is 10.8. The number of ether oxygens (including phenoxy) is 1. The first-order valence-electron chi connectivity index (χ1n) is 8.50. The van der Waals surface area contributed by atoms with Gasteiger partial charge in [-0.2, -0.15) is 0 Å². The average Bonchev–Trinajstić information content (AvgIpc) is 3.25. The van der Waals surface area contributed by atoms with Gasteiger partial charge in [-0.25, -0.2) is 0 Å². The van der Waals surface area contributed by atoms with Crippen LogP contribution in [-0.4, -0.2) is 40.4 Å². The van der Waals surface area contributed by atoms with Crippen molar-refractivity contribution in [2.75, 3.05) is 5.32 Å². The van der Waals surface area contributed by atoms with Crippen molar-refractivity contribution in [1.82, 2.24) is 24.6 Å². The zero-order valence-corrected chi connectivity index (χ0v) is 17.4. The topological polar surface area (TPSA) is 85.2 Å². The Morgan fingerprint density at radius 2 is 2.27 bits per heavy atom. The standard InChI is InChI=1S/C17H22IN6O2/c1-17(2,3)26-16(25)24-9-12-11(13-14(24)18-13)8-20-15(21-12)19-7-10-5-6-23(4)22-10/h5-6,8,13-14H,7,9H2,1-4H3,(H,19,20,21)/q-1/t13-,14+/m0/s1. The van der Waals surface area contributed by atoms with Crippen molar-refractivity contribution in [1.29, 1.82) is 0 Å². The zero-order valence-electron chi connectivity index (χ0n) is 15.2. The summed E-state index contributed by atoms with van der Waals surface area (Å²) >= 11 is -0.0753. The zero-order chi connectivity index (χ0) is 18.5. The number of aryl methyl sites for hydroxylation is 1. The molecule has 1 N–H and O–H groups in total. The van der Waals surface area contributed by atoms with Crippen LogP contribution in [0.25, 0.3) is 0 Å². The van der Waals surface area contributed by atoms with Crippen molar-refractivity contribution in [3.05, 3.63) is 35.4 Å². The van der Waals surface area contributed by atoms with Crippen LogP contribution in [0.15, 0.2) is 18.5 Å². The molecule has 1 amide bonds. The molecule has 4 heterocycles. The number of amides is 1. The molecule has 0 aliphatic carbocycles. The number of rotatable bonds is 3. The Labute approximate surface area is 162 Å². The van der Waals surface area contributed by atoms with Crippen LogP contribution in [0, 0.1) is 0 Å². The van der Waals surface area contributed by atoms with Gasteiger partial charge in [-0.15, -0.1) is 0 Å². The Balaban J connectivity index is 1.47. The minimum absolute atomic E-state index is 0.0753. The molecule has 2 aliphatic rings. The molecule has 0 radical (unpaired) electrons. The fourth-order valence-corrected chi connectivity index (χ4v) is 5.92. The summed E-state index contributed by atoms with van der Waals surface area (Å²) in [5.41, 5.74) is 2.57. The number of aromatic nitrogens is 4. The van der Waals surface area contributed by atoms with E-state index in [-0.39, 0.29) is 27.3 Å². The van der Waals surface area contributed by atoms with Gasteiger partial charge in [-0.3, -0.25) is 0 Å². The van der Waals surface area contributed by atoms with E-state index in [4.69, 9.17) is 4.74 Å². The second-order valence-electron chi connectivity index (χ2n) is 7.44. The maximum atomic E-state index is 12.5. The van der Waals surface area contributed by atoms with Gasteiger partial charge in [0.1, 0.15) is 0 Å². The van der Waals surface area contributed by atoms with E-state index in [9.17, 15) is 4.79 Å². The molecule has 0 saturated carbocycles. The van der Waals surface area contributed by atoms with Gasteiger partial charge in [0.25, 0.3) is 0 Å². The van der Waals surface area contributed by atoms with Gasteiger partial charge in [0, 0.05) is 0 Å². The number of nitrogens with zero attached hydrogens (tertiary/aromatic N) is 5. The van der Waals surface area contributed by atoms with E-state index < -0.39 is 5.60 Å². The van der Waals surface area contributed by atoms with E-state index in [1.54, 1.807) is 4.68 Å². The van der Waals surface area contributed by atoms with E-state index in [0.29, 0.717) is 27.0 Å². The fraction of sp³-hybridized carbons (Fsp3) is 0.529. The number of carbonyl (C=O) groups excluding carboxylic acids is 1. The number of anilines is 1. The van der Waals surface area contributed by atoms with E-state index >= 15 is 0 Å². The molecular weight excluding hydrogens is 447 g/mol. The first-order chi connectivity index (χ1) is 12.3. The SMILES string of the molecule is Cn1ccc(CNc2ncc3c(n2)CN(C(=O)OC(C)(C)C)[C@H]2[I-][C@@H]32)n1. The normalized spacial score (nSPS) is 21.3. The van der Waals surface area contributed by atoms with Gasteiger partial charge in [-0.1, -0.05) is 0 Å². The molecule has 4 rings (SSSR count). The fourth-order valence-electron chi connectivity index (χ4n) is 2.87. The Morgan fingerprint density at radius 1 is 1.46 bits per heavy atom. The van der Waals surface area contributed by atoms with Gasteiger partial charge < -0.3 is 0 Å². The van der Waals surface area contributed by atoms with Crippen LogP contribution in [0.4, 0.5) is 10.7 Å². The first kappa shape index (κ1) is 17.5. The van der Waals surface area contributed by atoms with Crippen LogP contribution < -0.4 is 26.5 Å². The van der Waals surface area contributed by atoms with Gasteiger partial charge >= 0.3 is 163 Å². The molecule has 8 nitrogen and oxygen atoms in total. The predicted octanol–water partition coefficient (Wildman–Crippen LogP) is -0.957. The molecular formula is C17H22IN6O2-. The molecule has 2 atom stereocenters. The molecule has 0 bridgehead atoms. The van der Waals surface area contributed by atoms with Gasteiger partial charge in [-0.05, 0) is 0 Å². The van der Waals surface area contributed by atoms with Gasteiger partial charge in [0.15, 0.2) is 0 Å². The van der Waals surface area contributed by atoms with Gasteiger partial charge in [0.2, 0.25) is 0 Å². The third-order valence-corrected chi connectivity index (χ3v) is 7.50. The number of carbonyl (C=O) groups is 1. The van der Waals surface area contributed by atoms with Crippen LogP contribution in [0.2, 0.25) is 0 Å². The predicted molar refractivity (Wildman–Crippen MR) is 90.9 cm³/mol. The Hall–Kier alpha value is -1.91. The summed E-state index contributed by atoms with van der Waals surface area (Å²) in [4.78, 5) is 23.5. The monoisotopic (exact) mass is 469 g/mol. The molecule has 2 aromatic heterocycles. The molecule has 1 fully saturated rings. The van der Waals surface area contributed by atoms with Crippen LogP contribution in [0.3, 0.4) is 0 Å². The number of hydrogen-bond acceptors (Lipinski definition) is 6. The van der Waals surface area contributed by atoms with Crippen LogP contribution in [-0.2, 0) is 24.9 Å². The summed E-state index contributed by atoms with van der Waals surface area (Å²) < 4.78 is 8.09. The van der Waals surface area contributed by atoms with Crippen molar-refractivity contribution < 1.29 is 30.7 Å². The Morgan fingerprint density at radius 3 is 2.96 bits per heavy atom. The number of nitrogens with one attached hydrogen (secondary N) is 1. The van der Waals surface area contributed by atoms with Crippen molar-refractivity contribution in [2.24, 2.45) is 7.05 Å². The van der Waals surface area contributed by atoms with Crippen LogP contribution in [0.5, 0.6) is 0 Å². The van der Waals surface area contributed by atoms with E-state index in [2.05, 4.69) is 20.4 Å². The van der Waals surface area contributed by atoms with E-state index in [1.165, 1.54) is 5.56 Å². The summed E-state index contributed by atoms with van der Waals surface area (Å²) in [6, 6.07) is 1.95. The maximum absolute atomic E-state index is 12.5. The third-order valence-electron chi connectivity index (χ3n) is 4.08. The third kappa shape index (κ3) is 3.62. The molecule has 140 valence electrons. The number of alkyl halides is 2. The summed E-state index contributed by atoms with van der Waals surface area (Å²) in [6.07, 6.45) is 3.58. The van der Waals surface area contributed by atoms with Crippen molar-refractivity contribution in [3.8, 4) is 0 Å². The van der Waals surface area contributed by atoms with Crippen molar-refractivity contribution >= 4 is 12.0 Å². The summed E-state index contributed by atoms with van der Waals surface area (Å²) in [5.74, 6) is 0.566. The average molecular weight is 469 g/mol. The molecule has 0 aromatic carbocycles. The molecule has 1 saturated heterocycles. The van der Waals surface area contributed by atoms with Crippen molar-refractivity contribution in [2.45, 2.75) is 47.4 Å². The Bertz CT molecular complexity index is 846. The van der Waals surface area contributed by atoms with E-state index in [1.807, 2.05) is 51.2 Å². The quantitative estimate of drug-likeness (QED) is 0.355. The summed E-state index contributed by atoms with van der Waals surface area (Å²) in [6.45, 7) is 6.73. The number of halogens is 1. The molecule has 0 unspecified atom stereocenters. The Kier molecular flexibility index (Phi) is 4.28. The molecule has 26 heavy (non-hydrogen) atoms. The molecule has 2 aromatic rings.